The quantitative estimate of drug-likeness (QED) is 0.773. The molecule has 1 aromatic carbocycles. The minimum atomic E-state index is -3.44. The van der Waals surface area contributed by atoms with Crippen LogP contribution in [-0.2, 0) is 16.4 Å². The molecule has 5 nitrogen and oxygen atoms in total. The van der Waals surface area contributed by atoms with Gasteiger partial charge in [0.2, 0.25) is 10.0 Å². The third kappa shape index (κ3) is 2.83. The van der Waals surface area contributed by atoms with Gasteiger partial charge in [0.05, 0.1) is 10.8 Å². The van der Waals surface area contributed by atoms with Crippen LogP contribution in [0, 0.1) is 0 Å². The van der Waals surface area contributed by atoms with Crippen molar-refractivity contribution < 1.29 is 8.42 Å². The molecule has 0 aliphatic carbocycles. The fourth-order valence-electron chi connectivity index (χ4n) is 2.78. The number of pyridine rings is 1. The van der Waals surface area contributed by atoms with Gasteiger partial charge in [-0.3, -0.25) is 4.98 Å². The predicted octanol–water partition coefficient (Wildman–Crippen LogP) is 2.79. The first kappa shape index (κ1) is 16.7. The maximum Gasteiger partial charge on any atom is 0.241 e. The highest BCUT2D eigenvalue weighted by molar-refractivity contribution is 7.90. The summed E-state index contributed by atoms with van der Waals surface area (Å²) in [5, 5.41) is 0.436. The van der Waals surface area contributed by atoms with Gasteiger partial charge < -0.3 is 5.73 Å². The topological polar surface area (TPSA) is 78.0 Å². The van der Waals surface area contributed by atoms with Crippen molar-refractivity contribution in [3.63, 3.8) is 0 Å². The summed E-state index contributed by atoms with van der Waals surface area (Å²) in [6.45, 7) is 3.86. The van der Waals surface area contributed by atoms with Crippen molar-refractivity contribution in [2.45, 2.75) is 25.5 Å². The molecule has 3 rings (SSSR count). The van der Waals surface area contributed by atoms with Crippen LogP contribution in [0.3, 0.4) is 0 Å². The molecule has 0 saturated carbocycles. The molecule has 2 N–H and O–H groups in total. The van der Waals surface area contributed by atoms with Crippen LogP contribution < -0.4 is 5.73 Å². The second-order valence-corrected chi connectivity index (χ2v) is 8.42. The lowest BCUT2D eigenvalue weighted by atomic mass is 10.0. The Hall–Kier alpha value is -2.18. The summed E-state index contributed by atoms with van der Waals surface area (Å²) in [7, 11) is -3.44. The smallest absolute Gasteiger partial charge is 0.241 e. The Morgan fingerprint density at radius 2 is 1.83 bits per heavy atom. The van der Waals surface area contributed by atoms with Gasteiger partial charge in [-0.05, 0) is 61.7 Å². The van der Waals surface area contributed by atoms with Crippen molar-refractivity contribution >= 4 is 20.9 Å². The molecule has 0 radical (unpaired) electrons. The van der Waals surface area contributed by atoms with E-state index in [1.165, 1.54) is 3.97 Å². The maximum atomic E-state index is 12.7. The second-order valence-electron chi connectivity index (χ2n) is 6.05. The Morgan fingerprint density at radius 3 is 2.46 bits per heavy atom. The van der Waals surface area contributed by atoms with Crippen LogP contribution in [-0.4, -0.2) is 29.2 Å². The lowest BCUT2D eigenvalue weighted by Gasteiger charge is -2.11. The van der Waals surface area contributed by atoms with Crippen molar-refractivity contribution in [3.05, 3.63) is 54.5 Å². The zero-order valence-electron chi connectivity index (χ0n) is 13.8. The van der Waals surface area contributed by atoms with E-state index in [0.29, 0.717) is 18.5 Å². The minimum Gasteiger partial charge on any atom is -0.330 e. The van der Waals surface area contributed by atoms with E-state index in [1.807, 2.05) is 30.3 Å². The molecule has 0 saturated heterocycles. The normalized spacial score (nSPS) is 12.2. The molecular formula is C18H21N3O2S. The molecule has 0 unspecified atom stereocenters. The van der Waals surface area contributed by atoms with E-state index in [4.69, 9.17) is 5.73 Å². The van der Waals surface area contributed by atoms with Gasteiger partial charge in [0.25, 0.3) is 0 Å². The van der Waals surface area contributed by atoms with Crippen LogP contribution >= 0.6 is 0 Å². The summed E-state index contributed by atoms with van der Waals surface area (Å²) in [5.41, 5.74) is 9.30. The molecule has 2 aromatic heterocycles. The third-order valence-electron chi connectivity index (χ3n) is 4.15. The van der Waals surface area contributed by atoms with Crippen molar-refractivity contribution in [1.82, 2.24) is 8.96 Å². The highest BCUT2D eigenvalue weighted by Crippen LogP contribution is 2.29. The van der Waals surface area contributed by atoms with Gasteiger partial charge in [0.1, 0.15) is 0 Å². The molecule has 0 amide bonds. The van der Waals surface area contributed by atoms with E-state index in [2.05, 4.69) is 4.98 Å². The number of aromatic nitrogens is 2. The molecule has 0 fully saturated rings. The van der Waals surface area contributed by atoms with Crippen molar-refractivity contribution in [2.24, 2.45) is 5.73 Å². The summed E-state index contributed by atoms with van der Waals surface area (Å²) in [5.74, 6) is 0. The first-order chi connectivity index (χ1) is 11.4. The lowest BCUT2D eigenvalue weighted by Crippen LogP contribution is -2.21. The van der Waals surface area contributed by atoms with E-state index >= 15 is 0 Å². The van der Waals surface area contributed by atoms with Gasteiger partial charge in [-0.25, -0.2) is 12.4 Å². The molecule has 0 spiro atoms. The van der Waals surface area contributed by atoms with Crippen molar-refractivity contribution in [2.75, 3.05) is 6.54 Å². The van der Waals surface area contributed by atoms with E-state index < -0.39 is 15.3 Å². The fraction of sp³-hybridized carbons (Fsp3) is 0.278. The molecule has 24 heavy (non-hydrogen) atoms. The molecule has 6 heteroatoms. The van der Waals surface area contributed by atoms with Gasteiger partial charge in [-0.2, -0.15) is 0 Å². The molecule has 3 aromatic rings. The third-order valence-corrected chi connectivity index (χ3v) is 6.19. The Bertz CT molecular complexity index is 961. The van der Waals surface area contributed by atoms with Crippen LogP contribution in [0.1, 0.15) is 19.4 Å². The average Bonchev–Trinajstić information content (AvgIpc) is 2.94. The van der Waals surface area contributed by atoms with E-state index in [-0.39, 0.29) is 0 Å². The Morgan fingerprint density at radius 1 is 1.12 bits per heavy atom. The van der Waals surface area contributed by atoms with E-state index in [0.717, 1.165) is 22.1 Å². The molecule has 0 atom stereocenters. The van der Waals surface area contributed by atoms with Crippen molar-refractivity contribution in [3.8, 4) is 11.1 Å². The standard InChI is InChI=1S/C18H21N3O2S/c1-13(2)24(22,23)21-12-16(5-8-19)17-4-3-15(11-18(17)21)14-6-9-20-10-7-14/h3-4,6-7,9-13H,5,8,19H2,1-2H3. The molecular weight excluding hydrogens is 322 g/mol. The summed E-state index contributed by atoms with van der Waals surface area (Å²) in [4.78, 5) is 4.03. The number of benzene rings is 1. The fourth-order valence-corrected chi connectivity index (χ4v) is 3.94. The van der Waals surface area contributed by atoms with Crippen LogP contribution in [0.5, 0.6) is 0 Å². The number of nitrogens with two attached hydrogens (primary N) is 1. The van der Waals surface area contributed by atoms with Crippen LogP contribution in [0.15, 0.2) is 48.9 Å². The first-order valence-corrected chi connectivity index (χ1v) is 9.44. The van der Waals surface area contributed by atoms with Crippen LogP contribution in [0.2, 0.25) is 0 Å². The molecule has 2 heterocycles. The Balaban J connectivity index is 2.27. The van der Waals surface area contributed by atoms with Gasteiger partial charge in [-0.15, -0.1) is 0 Å². The summed E-state index contributed by atoms with van der Waals surface area (Å²) >= 11 is 0. The predicted molar refractivity (Wildman–Crippen MR) is 97.4 cm³/mol. The lowest BCUT2D eigenvalue weighted by molar-refractivity contribution is 0.580. The van der Waals surface area contributed by atoms with Gasteiger partial charge in [-0.1, -0.05) is 12.1 Å². The summed E-state index contributed by atoms with van der Waals surface area (Å²) in [6.07, 6.45) is 5.81. The first-order valence-electron chi connectivity index (χ1n) is 7.94. The number of hydrogen-bond donors (Lipinski definition) is 1. The largest absolute Gasteiger partial charge is 0.330 e. The van der Waals surface area contributed by atoms with Gasteiger partial charge in [0.15, 0.2) is 0 Å². The Kier molecular flexibility index (Phi) is 4.43. The van der Waals surface area contributed by atoms with Crippen LogP contribution in [0.25, 0.3) is 22.0 Å². The molecule has 0 aliphatic heterocycles. The highest BCUT2D eigenvalue weighted by atomic mass is 32.2. The van der Waals surface area contributed by atoms with Crippen LogP contribution in [0.4, 0.5) is 0 Å². The summed E-state index contributed by atoms with van der Waals surface area (Å²) in [6, 6.07) is 9.72. The minimum absolute atomic E-state index is 0.479. The number of rotatable bonds is 5. The maximum absolute atomic E-state index is 12.7. The SMILES string of the molecule is CC(C)S(=O)(=O)n1cc(CCN)c2ccc(-c3ccncc3)cc21. The zero-order chi connectivity index (χ0) is 17.3. The van der Waals surface area contributed by atoms with E-state index in [9.17, 15) is 8.42 Å². The average molecular weight is 343 g/mol. The number of fused-ring (bicyclic) bond motifs is 1. The highest BCUT2D eigenvalue weighted by Gasteiger charge is 2.22. The summed E-state index contributed by atoms with van der Waals surface area (Å²) < 4.78 is 26.9. The van der Waals surface area contributed by atoms with Gasteiger partial charge >= 0.3 is 0 Å². The van der Waals surface area contributed by atoms with E-state index in [1.54, 1.807) is 32.4 Å². The second kappa shape index (κ2) is 6.37. The molecule has 126 valence electrons. The van der Waals surface area contributed by atoms with Gasteiger partial charge in [0, 0.05) is 24.0 Å². The Labute approximate surface area is 142 Å². The molecule has 0 aliphatic rings. The monoisotopic (exact) mass is 343 g/mol. The molecule has 0 bridgehead atoms. The zero-order valence-corrected chi connectivity index (χ0v) is 14.6. The van der Waals surface area contributed by atoms with Crippen molar-refractivity contribution in [1.29, 1.82) is 0 Å². The number of nitrogens with zero attached hydrogens (tertiary/aromatic N) is 2. The number of hydrogen-bond acceptors (Lipinski definition) is 4.